The highest BCUT2D eigenvalue weighted by Gasteiger charge is 2.28. The first-order chi connectivity index (χ1) is 9.01. The van der Waals surface area contributed by atoms with Gasteiger partial charge in [0, 0.05) is 18.2 Å². The minimum Gasteiger partial charge on any atom is -0.336 e. The van der Waals surface area contributed by atoms with Crippen molar-refractivity contribution in [3.63, 3.8) is 0 Å². The number of hydrogen-bond acceptors (Lipinski definition) is 4. The Bertz CT molecular complexity index is 480. The highest BCUT2D eigenvalue weighted by molar-refractivity contribution is 6.29. The van der Waals surface area contributed by atoms with Crippen molar-refractivity contribution in [2.45, 2.75) is 32.7 Å². The fraction of sp³-hybridized carbons (Fsp3) is 0.538. The van der Waals surface area contributed by atoms with Crippen LogP contribution in [0.1, 0.15) is 37.0 Å². The Morgan fingerprint density at radius 3 is 2.89 bits per heavy atom. The molecule has 0 saturated carbocycles. The fourth-order valence-corrected chi connectivity index (χ4v) is 2.64. The van der Waals surface area contributed by atoms with Crippen molar-refractivity contribution in [3.05, 3.63) is 22.8 Å². The second-order valence-corrected chi connectivity index (χ2v) is 5.58. The SMILES string of the molecule is CC1CCC(C)N(C(=O)c2cc(Cl)nc(NN)c2)C1. The minimum atomic E-state index is -0.0140. The molecule has 2 atom stereocenters. The van der Waals surface area contributed by atoms with Crippen molar-refractivity contribution >= 4 is 23.3 Å². The molecule has 1 aliphatic rings. The molecule has 1 saturated heterocycles. The average molecular weight is 283 g/mol. The Kier molecular flexibility index (Phi) is 4.27. The molecule has 0 spiro atoms. The molecule has 2 heterocycles. The monoisotopic (exact) mass is 282 g/mol. The second-order valence-electron chi connectivity index (χ2n) is 5.20. The number of rotatable bonds is 2. The number of nitrogen functional groups attached to an aromatic ring is 1. The van der Waals surface area contributed by atoms with Crippen LogP contribution in [0.25, 0.3) is 0 Å². The zero-order valence-corrected chi connectivity index (χ0v) is 11.9. The van der Waals surface area contributed by atoms with Crippen molar-refractivity contribution in [3.8, 4) is 0 Å². The lowest BCUT2D eigenvalue weighted by molar-refractivity contribution is 0.0574. The number of pyridine rings is 1. The summed E-state index contributed by atoms with van der Waals surface area (Å²) >= 11 is 5.90. The van der Waals surface area contributed by atoms with E-state index in [0.717, 1.165) is 19.4 Å². The van der Waals surface area contributed by atoms with Gasteiger partial charge < -0.3 is 10.3 Å². The summed E-state index contributed by atoms with van der Waals surface area (Å²) in [7, 11) is 0. The van der Waals surface area contributed by atoms with E-state index in [1.807, 2.05) is 4.90 Å². The summed E-state index contributed by atoms with van der Waals surface area (Å²) in [5, 5.41) is 0.261. The van der Waals surface area contributed by atoms with Crippen molar-refractivity contribution < 1.29 is 4.79 Å². The molecule has 1 amide bonds. The summed E-state index contributed by atoms with van der Waals surface area (Å²) in [6.45, 7) is 5.03. The number of nitrogens with two attached hydrogens (primary N) is 1. The van der Waals surface area contributed by atoms with E-state index < -0.39 is 0 Å². The number of nitrogens with zero attached hydrogens (tertiary/aromatic N) is 2. The lowest BCUT2D eigenvalue weighted by atomic mass is 9.94. The van der Waals surface area contributed by atoms with Gasteiger partial charge in [0.05, 0.1) is 0 Å². The van der Waals surface area contributed by atoms with Gasteiger partial charge >= 0.3 is 0 Å². The summed E-state index contributed by atoms with van der Waals surface area (Å²) in [6.07, 6.45) is 2.20. The molecule has 1 aliphatic heterocycles. The third-order valence-electron chi connectivity index (χ3n) is 3.57. The number of carbonyl (C=O) groups is 1. The number of hydrazine groups is 1. The van der Waals surface area contributed by atoms with Crippen molar-refractivity contribution in [1.82, 2.24) is 9.88 Å². The molecule has 19 heavy (non-hydrogen) atoms. The minimum absolute atomic E-state index is 0.0140. The number of likely N-dealkylation sites (tertiary alicyclic amines) is 1. The second kappa shape index (κ2) is 5.75. The topological polar surface area (TPSA) is 71.2 Å². The molecule has 2 unspecified atom stereocenters. The maximum absolute atomic E-state index is 12.5. The van der Waals surface area contributed by atoms with Gasteiger partial charge in [-0.15, -0.1) is 0 Å². The fourth-order valence-electron chi connectivity index (χ4n) is 2.43. The van der Waals surface area contributed by atoms with Gasteiger partial charge in [0.25, 0.3) is 5.91 Å². The molecule has 0 aliphatic carbocycles. The van der Waals surface area contributed by atoms with Gasteiger partial charge in [-0.1, -0.05) is 18.5 Å². The maximum Gasteiger partial charge on any atom is 0.254 e. The Morgan fingerprint density at radius 1 is 1.47 bits per heavy atom. The molecular weight excluding hydrogens is 264 g/mol. The highest BCUT2D eigenvalue weighted by Crippen LogP contribution is 2.24. The van der Waals surface area contributed by atoms with Crippen LogP contribution in [0.2, 0.25) is 5.15 Å². The molecule has 0 bridgehead atoms. The standard InChI is InChI=1S/C13H19ClN4O/c1-8-3-4-9(2)18(7-8)13(19)10-5-11(14)16-12(6-10)17-15/h5-6,8-9H,3-4,7,15H2,1-2H3,(H,16,17). The van der Waals surface area contributed by atoms with Gasteiger partial charge in [-0.05, 0) is 37.8 Å². The van der Waals surface area contributed by atoms with Crippen molar-refractivity contribution in [2.24, 2.45) is 11.8 Å². The molecule has 104 valence electrons. The predicted octanol–water partition coefficient (Wildman–Crippen LogP) is 2.28. The first-order valence-electron chi connectivity index (χ1n) is 6.46. The highest BCUT2D eigenvalue weighted by atomic mass is 35.5. The predicted molar refractivity (Wildman–Crippen MR) is 76.0 cm³/mol. The van der Waals surface area contributed by atoms with Crippen molar-refractivity contribution in [2.75, 3.05) is 12.0 Å². The van der Waals surface area contributed by atoms with Crippen LogP contribution in [-0.2, 0) is 0 Å². The van der Waals surface area contributed by atoms with Crippen LogP contribution in [0.3, 0.4) is 0 Å². The molecule has 0 aromatic carbocycles. The first kappa shape index (κ1) is 14.1. The Morgan fingerprint density at radius 2 is 2.21 bits per heavy atom. The van der Waals surface area contributed by atoms with Crippen LogP contribution in [0, 0.1) is 5.92 Å². The largest absolute Gasteiger partial charge is 0.336 e. The van der Waals surface area contributed by atoms with Gasteiger partial charge in [0.1, 0.15) is 11.0 Å². The Labute approximate surface area is 118 Å². The van der Waals surface area contributed by atoms with E-state index in [9.17, 15) is 4.79 Å². The summed E-state index contributed by atoms with van der Waals surface area (Å²) in [6, 6.07) is 3.46. The molecule has 1 fully saturated rings. The smallest absolute Gasteiger partial charge is 0.254 e. The van der Waals surface area contributed by atoms with Crippen LogP contribution in [0.5, 0.6) is 0 Å². The number of carbonyl (C=O) groups excluding carboxylic acids is 1. The Balaban J connectivity index is 2.25. The molecule has 6 heteroatoms. The van der Waals surface area contributed by atoms with E-state index in [0.29, 0.717) is 17.3 Å². The first-order valence-corrected chi connectivity index (χ1v) is 6.84. The molecular formula is C13H19ClN4O. The average Bonchev–Trinajstić information content (AvgIpc) is 2.40. The van der Waals surface area contributed by atoms with Gasteiger partial charge in [0.2, 0.25) is 0 Å². The lowest BCUT2D eigenvalue weighted by Gasteiger charge is -2.36. The summed E-state index contributed by atoms with van der Waals surface area (Å²) < 4.78 is 0. The zero-order chi connectivity index (χ0) is 14.0. The van der Waals surface area contributed by atoms with Crippen LogP contribution in [0.4, 0.5) is 5.82 Å². The van der Waals surface area contributed by atoms with E-state index in [1.54, 1.807) is 12.1 Å². The van der Waals surface area contributed by atoms with Crippen LogP contribution in [-0.4, -0.2) is 28.4 Å². The third-order valence-corrected chi connectivity index (χ3v) is 3.76. The molecule has 3 N–H and O–H groups in total. The normalized spacial score (nSPS) is 23.3. The molecule has 1 aromatic heterocycles. The van der Waals surface area contributed by atoms with Crippen LogP contribution in [0.15, 0.2) is 12.1 Å². The van der Waals surface area contributed by atoms with E-state index in [2.05, 4.69) is 24.3 Å². The summed E-state index contributed by atoms with van der Waals surface area (Å²) in [5.74, 6) is 6.23. The summed E-state index contributed by atoms with van der Waals surface area (Å²) in [5.41, 5.74) is 2.94. The van der Waals surface area contributed by atoms with E-state index in [1.165, 1.54) is 0 Å². The number of halogens is 1. The lowest BCUT2D eigenvalue weighted by Crippen LogP contribution is -2.45. The quantitative estimate of drug-likeness (QED) is 0.496. The number of aromatic nitrogens is 1. The molecule has 5 nitrogen and oxygen atoms in total. The van der Waals surface area contributed by atoms with Crippen LogP contribution >= 0.6 is 11.6 Å². The van der Waals surface area contributed by atoms with Gasteiger partial charge in [-0.3, -0.25) is 4.79 Å². The summed E-state index contributed by atoms with van der Waals surface area (Å²) in [4.78, 5) is 18.4. The van der Waals surface area contributed by atoms with Crippen LogP contribution < -0.4 is 11.3 Å². The van der Waals surface area contributed by atoms with Gasteiger partial charge in [-0.2, -0.15) is 0 Å². The number of nitrogens with one attached hydrogen (secondary N) is 1. The molecule has 1 aromatic rings. The maximum atomic E-state index is 12.5. The molecule has 2 rings (SSSR count). The van der Waals surface area contributed by atoms with Crippen molar-refractivity contribution in [1.29, 1.82) is 0 Å². The third kappa shape index (κ3) is 3.16. The number of anilines is 1. The number of hydrogen-bond donors (Lipinski definition) is 2. The number of amides is 1. The van der Waals surface area contributed by atoms with E-state index in [4.69, 9.17) is 17.4 Å². The zero-order valence-electron chi connectivity index (χ0n) is 11.2. The van der Waals surface area contributed by atoms with E-state index in [-0.39, 0.29) is 17.1 Å². The van der Waals surface area contributed by atoms with Gasteiger partial charge in [-0.25, -0.2) is 10.8 Å². The van der Waals surface area contributed by atoms with E-state index >= 15 is 0 Å². The number of piperidine rings is 1. The molecule has 0 radical (unpaired) electrons. The van der Waals surface area contributed by atoms with Gasteiger partial charge in [0.15, 0.2) is 0 Å². The Hall–Kier alpha value is -1.33.